The topological polar surface area (TPSA) is 242 Å². The number of nitrogens with two attached hydrogens (primary N) is 3. The summed E-state index contributed by atoms with van der Waals surface area (Å²) in [6.07, 6.45) is -1.54. The molecule has 0 amide bonds. The minimum Gasteiger partial charge on any atom is -0.392 e. The Morgan fingerprint density at radius 1 is 1.07 bits per heavy atom. The van der Waals surface area contributed by atoms with Crippen LogP contribution in [-0.2, 0) is 9.47 Å². The minimum absolute atomic E-state index is 0.146. The van der Waals surface area contributed by atoms with Gasteiger partial charge >= 0.3 is 0 Å². The molecule has 42 heavy (non-hydrogen) atoms. The maximum atomic E-state index is 11.5. The van der Waals surface area contributed by atoms with Crippen LogP contribution in [0.25, 0.3) is 0 Å². The summed E-state index contributed by atoms with van der Waals surface area (Å²) in [5.41, 5.74) is 17.8. The van der Waals surface area contributed by atoms with Crippen molar-refractivity contribution >= 4 is 5.84 Å². The van der Waals surface area contributed by atoms with Gasteiger partial charge in [-0.1, -0.05) is 26.3 Å². The van der Waals surface area contributed by atoms with E-state index in [1.807, 2.05) is 13.8 Å². The first-order chi connectivity index (χ1) is 19.7. The van der Waals surface area contributed by atoms with Crippen molar-refractivity contribution in [1.82, 2.24) is 5.32 Å². The van der Waals surface area contributed by atoms with Gasteiger partial charge in [-0.15, -0.1) is 0 Å². The van der Waals surface area contributed by atoms with Crippen LogP contribution in [0, 0.1) is 5.92 Å². The number of aliphatic hydroxyl groups is 6. The first-order valence-corrected chi connectivity index (χ1v) is 15.3. The van der Waals surface area contributed by atoms with Gasteiger partial charge in [-0.3, -0.25) is 4.99 Å². The minimum atomic E-state index is -1.51. The van der Waals surface area contributed by atoms with Crippen molar-refractivity contribution in [3.05, 3.63) is 12.2 Å². The van der Waals surface area contributed by atoms with E-state index in [1.165, 1.54) is 26.0 Å². The summed E-state index contributed by atoms with van der Waals surface area (Å²) in [6, 6.07) is -1.83. The smallest absolute Gasteiger partial charge is 0.174 e. The predicted octanol–water partition coefficient (Wildman–Crippen LogP) is -1.40. The maximum absolute atomic E-state index is 11.5. The third-order valence-corrected chi connectivity index (χ3v) is 8.09. The van der Waals surface area contributed by atoms with Crippen molar-refractivity contribution in [2.24, 2.45) is 28.1 Å². The van der Waals surface area contributed by atoms with Crippen molar-refractivity contribution in [3.63, 3.8) is 0 Å². The fraction of sp³-hybridized carbons (Fsp3) is 0.897. The van der Waals surface area contributed by atoms with Gasteiger partial charge in [0.1, 0.15) is 30.3 Å². The second kappa shape index (κ2) is 17.3. The Hall–Kier alpha value is -1.23. The van der Waals surface area contributed by atoms with Crippen molar-refractivity contribution in [2.45, 2.75) is 145 Å². The lowest BCUT2D eigenvalue weighted by Crippen LogP contribution is -2.62. The van der Waals surface area contributed by atoms with Crippen LogP contribution in [0.2, 0.25) is 0 Å². The Labute approximate surface area is 250 Å². The van der Waals surface area contributed by atoms with Gasteiger partial charge in [-0.25, -0.2) is 0 Å². The number of ether oxygens (including phenoxy) is 2. The molecule has 0 aromatic heterocycles. The molecule has 12 unspecified atom stereocenters. The molecule has 0 heterocycles. The molecule has 13 heteroatoms. The number of hydrogen-bond acceptors (Lipinski definition) is 12. The zero-order valence-electron chi connectivity index (χ0n) is 25.6. The lowest BCUT2D eigenvalue weighted by Gasteiger charge is -2.45. The first kappa shape index (κ1) is 37.0. The monoisotopic (exact) mass is 603 g/mol. The second-order valence-corrected chi connectivity index (χ2v) is 12.5. The van der Waals surface area contributed by atoms with E-state index < -0.39 is 60.6 Å². The summed E-state index contributed by atoms with van der Waals surface area (Å²) in [7, 11) is 0. The Bertz CT molecular complexity index is 843. The zero-order valence-corrected chi connectivity index (χ0v) is 25.6. The van der Waals surface area contributed by atoms with Crippen LogP contribution >= 0.6 is 0 Å². The third-order valence-electron chi connectivity index (χ3n) is 8.09. The molecule has 0 aromatic carbocycles. The fourth-order valence-electron chi connectivity index (χ4n) is 5.51. The summed E-state index contributed by atoms with van der Waals surface area (Å²) in [5.74, 6) is 0.0394. The van der Waals surface area contributed by atoms with E-state index in [0.717, 1.165) is 12.8 Å². The summed E-state index contributed by atoms with van der Waals surface area (Å²) in [6.45, 7) is 8.07. The highest BCUT2D eigenvalue weighted by molar-refractivity contribution is 5.85. The van der Waals surface area contributed by atoms with Crippen molar-refractivity contribution in [1.29, 1.82) is 0 Å². The number of hydrogen-bond donors (Lipinski definition) is 10. The Kier molecular flexibility index (Phi) is 15.2. The van der Waals surface area contributed by atoms with E-state index in [4.69, 9.17) is 26.7 Å². The normalized spacial score (nSPS) is 34.3. The van der Waals surface area contributed by atoms with E-state index in [-0.39, 0.29) is 30.3 Å². The molecule has 0 spiro atoms. The van der Waals surface area contributed by atoms with Crippen molar-refractivity contribution < 1.29 is 40.1 Å². The molecule has 0 saturated heterocycles. The summed E-state index contributed by atoms with van der Waals surface area (Å²) >= 11 is 0. The molecule has 2 aliphatic carbocycles. The van der Waals surface area contributed by atoms with Gasteiger partial charge in [0, 0.05) is 18.6 Å². The van der Waals surface area contributed by atoms with Gasteiger partial charge in [0.25, 0.3) is 0 Å². The largest absolute Gasteiger partial charge is 0.392 e. The van der Waals surface area contributed by atoms with Crippen LogP contribution in [0.4, 0.5) is 0 Å². The number of aliphatic hydroxyl groups excluding tert-OH is 5. The molecule has 0 radical (unpaired) electrons. The summed E-state index contributed by atoms with van der Waals surface area (Å²) in [4.78, 5) is 4.37. The molecule has 2 aliphatic rings. The van der Waals surface area contributed by atoms with Crippen LogP contribution in [0.15, 0.2) is 17.1 Å². The molecule has 12 atom stereocenters. The van der Waals surface area contributed by atoms with Crippen molar-refractivity contribution in [2.75, 3.05) is 13.1 Å². The molecule has 2 saturated carbocycles. The second-order valence-electron chi connectivity index (χ2n) is 12.5. The Morgan fingerprint density at radius 2 is 1.76 bits per heavy atom. The highest BCUT2D eigenvalue weighted by atomic mass is 16.6. The number of amidine groups is 1. The molecule has 0 aliphatic heterocycles. The maximum Gasteiger partial charge on any atom is 0.174 e. The molecule has 13 N–H and O–H groups in total. The summed E-state index contributed by atoms with van der Waals surface area (Å²) in [5, 5.41) is 65.9. The van der Waals surface area contributed by atoms with E-state index in [9.17, 15) is 30.6 Å². The van der Waals surface area contributed by atoms with Gasteiger partial charge in [-0.05, 0) is 70.9 Å². The van der Waals surface area contributed by atoms with Crippen LogP contribution in [0.1, 0.15) is 72.6 Å². The van der Waals surface area contributed by atoms with Crippen molar-refractivity contribution in [3.8, 4) is 0 Å². The average molecular weight is 604 g/mol. The van der Waals surface area contributed by atoms with E-state index >= 15 is 0 Å². The van der Waals surface area contributed by atoms with Gasteiger partial charge in [0.05, 0.1) is 30.0 Å². The van der Waals surface area contributed by atoms with Crippen LogP contribution in [0.3, 0.4) is 0 Å². The zero-order chi connectivity index (χ0) is 31.6. The highest BCUT2D eigenvalue weighted by Gasteiger charge is 2.47. The molecular formula is C29H57N5O8. The lowest BCUT2D eigenvalue weighted by molar-refractivity contribution is -0.205. The van der Waals surface area contributed by atoms with Gasteiger partial charge in [-0.2, -0.15) is 0 Å². The fourth-order valence-corrected chi connectivity index (χ4v) is 5.51. The molecule has 13 nitrogen and oxygen atoms in total. The molecule has 2 fully saturated rings. The molecule has 246 valence electrons. The number of nitrogens with zero attached hydrogens (tertiary/aromatic N) is 1. The van der Waals surface area contributed by atoms with E-state index in [1.54, 1.807) is 0 Å². The highest BCUT2D eigenvalue weighted by Crippen LogP contribution is 2.32. The molecule has 2 rings (SSSR count). The molecule has 0 aromatic rings. The quantitative estimate of drug-likeness (QED) is 0.0424. The van der Waals surface area contributed by atoms with Crippen LogP contribution in [0.5, 0.6) is 0 Å². The van der Waals surface area contributed by atoms with Crippen LogP contribution in [-0.4, -0.2) is 122 Å². The first-order valence-electron chi connectivity index (χ1n) is 15.3. The summed E-state index contributed by atoms with van der Waals surface area (Å²) < 4.78 is 12.2. The Morgan fingerprint density at radius 3 is 2.38 bits per heavy atom. The molecule has 0 bridgehead atoms. The van der Waals surface area contributed by atoms with Gasteiger partial charge in [0.2, 0.25) is 0 Å². The third kappa shape index (κ3) is 11.7. The van der Waals surface area contributed by atoms with Gasteiger partial charge < -0.3 is 62.6 Å². The number of nitrogens with one attached hydrogen (secondary N) is 1. The SMILES string of the molecule is CCCC(O)C(O)C(N)=NC1CC(N)C(OC2CC(CNCC(O)CC)CCC2N)C(O)C1OC(O)/C=C/C(C)(C)O. The van der Waals surface area contributed by atoms with E-state index in [0.29, 0.717) is 38.8 Å². The van der Waals surface area contributed by atoms with Crippen LogP contribution < -0.4 is 22.5 Å². The van der Waals surface area contributed by atoms with E-state index in [2.05, 4.69) is 10.3 Å². The molecular weight excluding hydrogens is 546 g/mol. The average Bonchev–Trinajstić information content (AvgIpc) is 2.92. The number of rotatable bonds is 16. The Balaban J connectivity index is 2.22. The lowest BCUT2D eigenvalue weighted by atomic mass is 9.81. The number of aliphatic imine (C=N–C) groups is 1. The standard InChI is InChI=1S/C29H57N5O8/c1-5-7-21(36)24(38)28(32)34-20-13-19(31)26(25(39)27(20)42-23(37)10-11-29(3,4)40)41-22-12-16(8-9-18(22)30)14-33-15-17(35)6-2/h10-11,16-27,33,35-40H,5-9,12-15,30-31H2,1-4H3,(H2,32,34)/b11-10+. The predicted molar refractivity (Wildman–Crippen MR) is 160 cm³/mol. The van der Waals surface area contributed by atoms with Gasteiger partial charge in [0.15, 0.2) is 6.29 Å².